The molecule has 0 saturated heterocycles. The van der Waals surface area contributed by atoms with Crippen LogP contribution in [-0.4, -0.2) is 0 Å². The molecule has 3 aliphatic rings. The molecule has 0 bridgehead atoms. The van der Waals surface area contributed by atoms with Crippen molar-refractivity contribution in [3.63, 3.8) is 0 Å². The topological polar surface area (TPSA) is 29.5 Å². The fourth-order valence-corrected chi connectivity index (χ4v) is 13.5. The number of hydrogen-bond acceptors (Lipinski definition) is 3. The van der Waals surface area contributed by atoms with Crippen molar-refractivity contribution in [3.05, 3.63) is 270 Å². The Morgan fingerprint density at radius 3 is 1.55 bits per heavy atom. The molecule has 2 aromatic heterocycles. The van der Waals surface area contributed by atoms with Crippen molar-refractivity contribution in [2.45, 2.75) is 24.7 Å². The van der Waals surface area contributed by atoms with Gasteiger partial charge in [0.1, 0.15) is 22.3 Å². The number of rotatable bonds is 5. The molecule has 1 spiro atoms. The van der Waals surface area contributed by atoms with E-state index >= 15 is 0 Å². The molecule has 0 unspecified atom stereocenters. The molecule has 0 amide bonds. The van der Waals surface area contributed by atoms with Gasteiger partial charge in [-0.3, -0.25) is 0 Å². The first kappa shape index (κ1) is 40.5. The molecule has 0 atom stereocenters. The Morgan fingerprint density at radius 1 is 0.315 bits per heavy atom. The third-order valence-electron chi connectivity index (χ3n) is 16.7. The largest absolute Gasteiger partial charge is 0.456 e. The Kier molecular flexibility index (Phi) is 8.16. The molecule has 2 heterocycles. The summed E-state index contributed by atoms with van der Waals surface area (Å²) in [5.74, 6) is 0. The highest BCUT2D eigenvalue weighted by Crippen LogP contribution is 2.63. The molecule has 3 nitrogen and oxygen atoms in total. The van der Waals surface area contributed by atoms with Gasteiger partial charge in [-0.25, -0.2) is 0 Å². The van der Waals surface area contributed by atoms with Crippen molar-refractivity contribution < 1.29 is 8.83 Å². The van der Waals surface area contributed by atoms with Crippen LogP contribution in [0.1, 0.15) is 47.2 Å². The van der Waals surface area contributed by atoms with Gasteiger partial charge in [0.15, 0.2) is 0 Å². The van der Waals surface area contributed by atoms with Gasteiger partial charge in [-0.15, -0.1) is 0 Å². The minimum atomic E-state index is -0.478. The van der Waals surface area contributed by atoms with Crippen molar-refractivity contribution in [1.82, 2.24) is 0 Å². The standard InChI is InChI=1S/C70H45NO2/c1-69(2)57-23-11-6-18-48(57)52-35-30-44(38-61(52)69)66-67-55-22-10-15-27-63(55)72-65(67)41-56-54-37-34-47(40-64(54)73-68(56)66)71(45-31-28-43(29-32-45)42-16-4-3-5-17-42)46-33-36-53-51-21-9-14-26-60(51)70(62(53)39-46)58-24-12-7-19-49(58)50-20-8-13-25-59(50)70/h3-41H,1-2H3. The summed E-state index contributed by atoms with van der Waals surface area (Å²) in [6, 6.07) is 87.0. The average Bonchev–Trinajstić information content (AvgIpc) is 4.22. The molecule has 0 fully saturated rings. The van der Waals surface area contributed by atoms with E-state index < -0.39 is 5.41 Å². The maximum Gasteiger partial charge on any atom is 0.144 e. The molecular formula is C70H45NO2. The molecule has 0 N–H and O–H groups in total. The van der Waals surface area contributed by atoms with Crippen molar-refractivity contribution in [1.29, 1.82) is 0 Å². The highest BCUT2D eigenvalue weighted by Gasteiger charge is 2.51. The molecular weight excluding hydrogens is 887 g/mol. The molecule has 0 radical (unpaired) electrons. The van der Waals surface area contributed by atoms with Crippen molar-refractivity contribution >= 4 is 60.9 Å². The second kappa shape index (κ2) is 14.7. The van der Waals surface area contributed by atoms with E-state index in [4.69, 9.17) is 8.83 Å². The van der Waals surface area contributed by atoms with Crippen LogP contribution in [0.4, 0.5) is 17.1 Å². The summed E-state index contributed by atoms with van der Waals surface area (Å²) >= 11 is 0. The highest BCUT2D eigenvalue weighted by atomic mass is 16.3. The number of para-hydroxylation sites is 1. The van der Waals surface area contributed by atoms with Gasteiger partial charge in [-0.1, -0.05) is 190 Å². The Labute approximate surface area is 422 Å². The lowest BCUT2D eigenvalue weighted by atomic mass is 9.70. The summed E-state index contributed by atoms with van der Waals surface area (Å²) in [6.07, 6.45) is 0. The van der Waals surface area contributed by atoms with Crippen LogP contribution < -0.4 is 4.90 Å². The van der Waals surface area contributed by atoms with E-state index in [0.29, 0.717) is 0 Å². The summed E-state index contributed by atoms with van der Waals surface area (Å²) in [6.45, 7) is 4.69. The first-order valence-corrected chi connectivity index (χ1v) is 25.4. The van der Waals surface area contributed by atoms with Gasteiger partial charge in [-0.05, 0) is 138 Å². The quantitative estimate of drug-likeness (QED) is 0.172. The highest BCUT2D eigenvalue weighted by molar-refractivity contribution is 6.24. The van der Waals surface area contributed by atoms with Crippen LogP contribution in [-0.2, 0) is 10.8 Å². The Hall–Kier alpha value is -9.18. The van der Waals surface area contributed by atoms with E-state index in [9.17, 15) is 0 Å². The smallest absolute Gasteiger partial charge is 0.144 e. The van der Waals surface area contributed by atoms with Crippen LogP contribution in [0, 0.1) is 0 Å². The third kappa shape index (κ3) is 5.43. The van der Waals surface area contributed by atoms with Gasteiger partial charge >= 0.3 is 0 Å². The maximum atomic E-state index is 7.34. The maximum absolute atomic E-state index is 7.34. The SMILES string of the molecule is CC1(C)c2ccccc2-c2ccc(-c3c4oc5cc(N(c6ccc(-c7ccccc7)cc6)c6ccc7c(c6)C6(c8ccccc8-c8ccccc86)c6ccccc6-7)ccc5c4cc4oc5ccccc5c34)cc21. The second-order valence-corrected chi connectivity index (χ2v) is 20.7. The zero-order chi connectivity index (χ0) is 48.2. The fourth-order valence-electron chi connectivity index (χ4n) is 13.5. The summed E-state index contributed by atoms with van der Waals surface area (Å²) in [4.78, 5) is 2.41. The number of anilines is 3. The van der Waals surface area contributed by atoms with Gasteiger partial charge in [0.2, 0.25) is 0 Å². The molecule has 13 aromatic rings. The Balaban J connectivity index is 0.924. The van der Waals surface area contributed by atoms with Crippen molar-refractivity contribution in [2.75, 3.05) is 4.90 Å². The Bertz CT molecular complexity index is 4410. The molecule has 16 rings (SSSR count). The molecule has 11 aromatic carbocycles. The fraction of sp³-hybridized carbons (Fsp3) is 0.0571. The first-order valence-electron chi connectivity index (χ1n) is 25.4. The third-order valence-corrected chi connectivity index (χ3v) is 16.7. The van der Waals surface area contributed by atoms with E-state index in [2.05, 4.69) is 249 Å². The van der Waals surface area contributed by atoms with E-state index in [1.165, 1.54) is 77.9 Å². The lowest BCUT2D eigenvalue weighted by molar-refractivity contribution is 0.660. The molecule has 3 aliphatic carbocycles. The number of fused-ring (bicyclic) bond motifs is 19. The van der Waals surface area contributed by atoms with Crippen LogP contribution in [0.15, 0.2) is 245 Å². The predicted molar refractivity (Wildman–Crippen MR) is 300 cm³/mol. The summed E-state index contributed by atoms with van der Waals surface area (Å²) in [5.41, 5.74) is 26.1. The first-order chi connectivity index (χ1) is 35.9. The summed E-state index contributed by atoms with van der Waals surface area (Å²) in [7, 11) is 0. The number of benzene rings is 11. The van der Waals surface area contributed by atoms with Gasteiger partial charge in [-0.2, -0.15) is 0 Å². The zero-order valence-corrected chi connectivity index (χ0v) is 40.3. The van der Waals surface area contributed by atoms with Crippen LogP contribution in [0.2, 0.25) is 0 Å². The normalized spacial score (nSPS) is 14.1. The van der Waals surface area contributed by atoms with E-state index in [0.717, 1.165) is 72.1 Å². The summed E-state index contributed by atoms with van der Waals surface area (Å²) < 4.78 is 14.1. The van der Waals surface area contributed by atoms with Crippen LogP contribution >= 0.6 is 0 Å². The molecule has 3 heteroatoms. The molecule has 342 valence electrons. The minimum Gasteiger partial charge on any atom is -0.456 e. The van der Waals surface area contributed by atoms with Gasteiger partial charge in [0.25, 0.3) is 0 Å². The Morgan fingerprint density at radius 2 is 0.836 bits per heavy atom. The van der Waals surface area contributed by atoms with E-state index in [1.54, 1.807) is 0 Å². The lowest BCUT2D eigenvalue weighted by Gasteiger charge is -2.32. The average molecular weight is 932 g/mol. The van der Waals surface area contributed by atoms with Crippen molar-refractivity contribution in [2.24, 2.45) is 0 Å². The number of nitrogens with zero attached hydrogens (tertiary/aromatic N) is 1. The van der Waals surface area contributed by atoms with E-state index in [1.807, 2.05) is 6.07 Å². The monoisotopic (exact) mass is 931 g/mol. The lowest BCUT2D eigenvalue weighted by Crippen LogP contribution is -2.26. The van der Waals surface area contributed by atoms with E-state index in [-0.39, 0.29) is 5.41 Å². The minimum absolute atomic E-state index is 0.163. The molecule has 0 aliphatic heterocycles. The van der Waals surface area contributed by atoms with Crippen LogP contribution in [0.3, 0.4) is 0 Å². The van der Waals surface area contributed by atoms with Crippen LogP contribution in [0.5, 0.6) is 0 Å². The zero-order valence-electron chi connectivity index (χ0n) is 40.3. The van der Waals surface area contributed by atoms with Gasteiger partial charge in [0, 0.05) is 55.7 Å². The molecule has 0 saturated carbocycles. The van der Waals surface area contributed by atoms with Crippen molar-refractivity contribution in [3.8, 4) is 55.6 Å². The van der Waals surface area contributed by atoms with Crippen LogP contribution in [0.25, 0.3) is 99.5 Å². The molecule has 73 heavy (non-hydrogen) atoms. The predicted octanol–water partition coefficient (Wildman–Crippen LogP) is 18.9. The number of furan rings is 2. The summed E-state index contributed by atoms with van der Waals surface area (Å²) in [5, 5.41) is 4.21. The van der Waals surface area contributed by atoms with Gasteiger partial charge < -0.3 is 13.7 Å². The van der Waals surface area contributed by atoms with Gasteiger partial charge in [0.05, 0.1) is 5.41 Å². The number of hydrogen-bond donors (Lipinski definition) is 0. The second-order valence-electron chi connectivity index (χ2n) is 20.7.